The summed E-state index contributed by atoms with van der Waals surface area (Å²) in [5.41, 5.74) is 0.617. The van der Waals surface area contributed by atoms with Crippen molar-refractivity contribution in [2.75, 3.05) is 6.54 Å². The minimum atomic E-state index is 0.617. The molecule has 0 bridgehead atoms. The van der Waals surface area contributed by atoms with Crippen molar-refractivity contribution < 1.29 is 0 Å². The quantitative estimate of drug-likeness (QED) is 0.472. The number of hydrogen-bond donors (Lipinski definition) is 1. The van der Waals surface area contributed by atoms with Crippen molar-refractivity contribution in [2.45, 2.75) is 96.9 Å². The molecule has 0 aliphatic heterocycles. The van der Waals surface area contributed by atoms with E-state index in [-0.39, 0.29) is 0 Å². The minimum absolute atomic E-state index is 0.617. The monoisotopic (exact) mass is 265 g/mol. The highest BCUT2D eigenvalue weighted by atomic mass is 15.0. The van der Waals surface area contributed by atoms with Gasteiger partial charge in [0.25, 0.3) is 0 Å². The molecule has 0 heterocycles. The van der Waals surface area contributed by atoms with Crippen LogP contribution in [0.5, 0.6) is 0 Å². The molecule has 2 fully saturated rings. The zero-order valence-electron chi connectivity index (χ0n) is 13.3. The third-order valence-electron chi connectivity index (χ3n) is 5.29. The van der Waals surface area contributed by atoms with Crippen LogP contribution in [0.3, 0.4) is 0 Å². The molecule has 1 heteroatoms. The molecular weight excluding hydrogens is 230 g/mol. The zero-order valence-corrected chi connectivity index (χ0v) is 13.3. The van der Waals surface area contributed by atoms with Crippen molar-refractivity contribution >= 4 is 0 Å². The summed E-state index contributed by atoms with van der Waals surface area (Å²) in [4.78, 5) is 0. The predicted octanol–water partition coefficient (Wildman–Crippen LogP) is 5.30. The number of hydrogen-bond acceptors (Lipinski definition) is 1. The van der Waals surface area contributed by atoms with Crippen LogP contribution < -0.4 is 5.32 Å². The molecule has 112 valence electrons. The molecule has 1 unspecified atom stereocenters. The van der Waals surface area contributed by atoms with E-state index in [0.29, 0.717) is 5.41 Å². The lowest BCUT2D eigenvalue weighted by atomic mass is 9.79. The molecule has 0 aromatic heterocycles. The summed E-state index contributed by atoms with van der Waals surface area (Å²) in [7, 11) is 0. The van der Waals surface area contributed by atoms with Gasteiger partial charge < -0.3 is 5.32 Å². The molecule has 1 N–H and O–H groups in total. The predicted molar refractivity (Wildman–Crippen MR) is 84.5 cm³/mol. The van der Waals surface area contributed by atoms with E-state index in [4.69, 9.17) is 0 Å². The van der Waals surface area contributed by atoms with Crippen molar-refractivity contribution in [3.8, 4) is 0 Å². The van der Waals surface area contributed by atoms with Crippen molar-refractivity contribution in [3.63, 3.8) is 0 Å². The van der Waals surface area contributed by atoms with Gasteiger partial charge in [-0.3, -0.25) is 0 Å². The Bertz CT molecular complexity index is 242. The SMILES string of the molecule is CCCCCCCCCC(C)(CNC1CC1)C1CC1. The number of rotatable bonds is 12. The number of unbranched alkanes of at least 4 members (excludes halogenated alkanes) is 6. The average Bonchev–Trinajstić information content (AvgIpc) is 3.29. The molecule has 2 saturated carbocycles. The molecule has 0 aromatic rings. The maximum absolute atomic E-state index is 3.79. The van der Waals surface area contributed by atoms with E-state index in [2.05, 4.69) is 19.2 Å². The standard InChI is InChI=1S/C18H35N/c1-3-4-5-6-7-8-9-14-18(2,16-10-11-16)15-19-17-12-13-17/h16-17,19H,3-15H2,1-2H3. The summed E-state index contributed by atoms with van der Waals surface area (Å²) in [6, 6.07) is 0.882. The number of nitrogens with one attached hydrogen (secondary N) is 1. The highest BCUT2D eigenvalue weighted by Gasteiger charge is 2.41. The van der Waals surface area contributed by atoms with Crippen LogP contribution in [0.25, 0.3) is 0 Å². The van der Waals surface area contributed by atoms with Gasteiger partial charge in [0, 0.05) is 12.6 Å². The zero-order chi connectivity index (χ0) is 13.6. The van der Waals surface area contributed by atoms with Gasteiger partial charge in [-0.05, 0) is 43.4 Å². The third kappa shape index (κ3) is 5.85. The molecule has 0 amide bonds. The molecule has 2 aliphatic carbocycles. The second kappa shape index (κ2) is 7.67. The van der Waals surface area contributed by atoms with E-state index in [1.165, 1.54) is 83.6 Å². The minimum Gasteiger partial charge on any atom is -0.313 e. The van der Waals surface area contributed by atoms with Gasteiger partial charge in [-0.2, -0.15) is 0 Å². The summed E-state index contributed by atoms with van der Waals surface area (Å²) in [6.45, 7) is 6.14. The van der Waals surface area contributed by atoms with Crippen LogP contribution >= 0.6 is 0 Å². The van der Waals surface area contributed by atoms with Gasteiger partial charge in [-0.15, -0.1) is 0 Å². The second-order valence-electron chi connectivity index (χ2n) is 7.45. The fourth-order valence-corrected chi connectivity index (χ4v) is 3.37. The summed E-state index contributed by atoms with van der Waals surface area (Å²) < 4.78 is 0. The summed E-state index contributed by atoms with van der Waals surface area (Å²) in [6.07, 6.45) is 17.4. The molecule has 0 radical (unpaired) electrons. The molecule has 2 rings (SSSR count). The first-order valence-corrected chi connectivity index (χ1v) is 8.98. The Kier molecular flexibility index (Phi) is 6.19. The van der Waals surface area contributed by atoms with Crippen LogP contribution in [0, 0.1) is 11.3 Å². The van der Waals surface area contributed by atoms with Crippen LogP contribution in [0.15, 0.2) is 0 Å². The van der Waals surface area contributed by atoms with Crippen molar-refractivity contribution in [1.29, 1.82) is 0 Å². The van der Waals surface area contributed by atoms with Gasteiger partial charge in [-0.1, -0.05) is 58.8 Å². The largest absolute Gasteiger partial charge is 0.313 e. The topological polar surface area (TPSA) is 12.0 Å². The first-order valence-electron chi connectivity index (χ1n) is 8.98. The van der Waals surface area contributed by atoms with Crippen LogP contribution in [0.1, 0.15) is 90.9 Å². The van der Waals surface area contributed by atoms with Crippen molar-refractivity contribution in [3.05, 3.63) is 0 Å². The molecule has 2 aliphatic rings. The molecule has 1 nitrogen and oxygen atoms in total. The van der Waals surface area contributed by atoms with Gasteiger partial charge in [0.05, 0.1) is 0 Å². The summed E-state index contributed by atoms with van der Waals surface area (Å²) in [5.74, 6) is 1.04. The molecule has 0 spiro atoms. The van der Waals surface area contributed by atoms with Crippen LogP contribution in [-0.2, 0) is 0 Å². The fourth-order valence-electron chi connectivity index (χ4n) is 3.37. The van der Waals surface area contributed by atoms with Gasteiger partial charge in [0.15, 0.2) is 0 Å². The lowest BCUT2D eigenvalue weighted by molar-refractivity contribution is 0.227. The first kappa shape index (κ1) is 15.4. The van der Waals surface area contributed by atoms with Gasteiger partial charge >= 0.3 is 0 Å². The fraction of sp³-hybridized carbons (Fsp3) is 1.00. The highest BCUT2D eigenvalue weighted by Crippen LogP contribution is 2.48. The Morgan fingerprint density at radius 1 is 0.895 bits per heavy atom. The van der Waals surface area contributed by atoms with Crippen LogP contribution in [0.2, 0.25) is 0 Å². The van der Waals surface area contributed by atoms with Gasteiger partial charge in [-0.25, -0.2) is 0 Å². The molecule has 0 aromatic carbocycles. The molecule has 0 saturated heterocycles. The third-order valence-corrected chi connectivity index (χ3v) is 5.29. The van der Waals surface area contributed by atoms with Gasteiger partial charge in [0.1, 0.15) is 0 Å². The normalized spacial score (nSPS) is 22.4. The summed E-state index contributed by atoms with van der Waals surface area (Å²) >= 11 is 0. The van der Waals surface area contributed by atoms with E-state index in [0.717, 1.165) is 12.0 Å². The lowest BCUT2D eigenvalue weighted by Crippen LogP contribution is -2.34. The highest BCUT2D eigenvalue weighted by molar-refractivity contribution is 4.94. The van der Waals surface area contributed by atoms with Gasteiger partial charge in [0.2, 0.25) is 0 Å². The Balaban J connectivity index is 1.54. The Labute approximate surface area is 120 Å². The van der Waals surface area contributed by atoms with Crippen molar-refractivity contribution in [2.24, 2.45) is 11.3 Å². The first-order chi connectivity index (χ1) is 9.24. The summed E-state index contributed by atoms with van der Waals surface area (Å²) in [5, 5.41) is 3.79. The second-order valence-corrected chi connectivity index (χ2v) is 7.45. The average molecular weight is 265 g/mol. The van der Waals surface area contributed by atoms with Crippen LogP contribution in [-0.4, -0.2) is 12.6 Å². The Hall–Kier alpha value is -0.0400. The van der Waals surface area contributed by atoms with E-state index >= 15 is 0 Å². The molecule has 19 heavy (non-hydrogen) atoms. The Morgan fingerprint density at radius 3 is 2.11 bits per heavy atom. The van der Waals surface area contributed by atoms with Crippen molar-refractivity contribution in [1.82, 2.24) is 5.32 Å². The molecule has 1 atom stereocenters. The smallest absolute Gasteiger partial charge is 0.00684 e. The maximum Gasteiger partial charge on any atom is 0.00684 e. The van der Waals surface area contributed by atoms with E-state index in [1.54, 1.807) is 0 Å². The maximum atomic E-state index is 3.79. The van der Waals surface area contributed by atoms with E-state index < -0.39 is 0 Å². The molecular formula is C18H35N. The Morgan fingerprint density at radius 2 is 1.53 bits per heavy atom. The van der Waals surface area contributed by atoms with E-state index in [1.807, 2.05) is 0 Å². The van der Waals surface area contributed by atoms with Crippen LogP contribution in [0.4, 0.5) is 0 Å². The lowest BCUT2D eigenvalue weighted by Gasteiger charge is -2.30. The van der Waals surface area contributed by atoms with E-state index in [9.17, 15) is 0 Å².